The number of rotatable bonds is 5. The van der Waals surface area contributed by atoms with Crippen molar-refractivity contribution in [2.24, 2.45) is 5.92 Å². The van der Waals surface area contributed by atoms with E-state index in [1.807, 2.05) is 17.0 Å². The van der Waals surface area contributed by atoms with Gasteiger partial charge < -0.3 is 10.0 Å². The van der Waals surface area contributed by atoms with Crippen molar-refractivity contribution in [2.45, 2.75) is 6.92 Å². The molecule has 0 radical (unpaired) electrons. The number of carboxylic acid groups (broad SMARTS) is 1. The highest BCUT2D eigenvalue weighted by Gasteiger charge is 2.15. The van der Waals surface area contributed by atoms with Gasteiger partial charge in [0.25, 0.3) is 0 Å². The third kappa shape index (κ3) is 4.01. The SMILES string of the molecule is C#CCN(CC(C)C(=O)O)c1ccc(Cl)cc1. The Morgan fingerprint density at radius 1 is 1.53 bits per heavy atom. The molecule has 17 heavy (non-hydrogen) atoms. The molecule has 1 unspecified atom stereocenters. The number of carbonyl (C=O) groups is 1. The van der Waals surface area contributed by atoms with Crippen molar-refractivity contribution in [2.75, 3.05) is 18.0 Å². The van der Waals surface area contributed by atoms with Crippen molar-refractivity contribution < 1.29 is 9.90 Å². The average Bonchev–Trinajstić information content (AvgIpc) is 2.29. The van der Waals surface area contributed by atoms with E-state index in [9.17, 15) is 4.79 Å². The second-order valence-electron chi connectivity index (χ2n) is 3.80. The van der Waals surface area contributed by atoms with Gasteiger partial charge in [-0.2, -0.15) is 0 Å². The Kier molecular flexibility index (Phi) is 4.86. The lowest BCUT2D eigenvalue weighted by molar-refractivity contribution is -0.140. The van der Waals surface area contributed by atoms with Crippen LogP contribution in [0.4, 0.5) is 5.69 Å². The molecule has 0 aliphatic heterocycles. The average molecular weight is 252 g/mol. The van der Waals surface area contributed by atoms with Crippen LogP contribution in [-0.2, 0) is 4.79 Å². The minimum Gasteiger partial charge on any atom is -0.481 e. The first-order valence-corrected chi connectivity index (χ1v) is 5.59. The fraction of sp³-hybridized carbons (Fsp3) is 0.308. The molecule has 90 valence electrons. The number of carboxylic acids is 1. The van der Waals surface area contributed by atoms with Crippen molar-refractivity contribution in [3.63, 3.8) is 0 Å². The van der Waals surface area contributed by atoms with E-state index in [1.54, 1.807) is 19.1 Å². The maximum absolute atomic E-state index is 10.8. The predicted molar refractivity (Wildman–Crippen MR) is 69.3 cm³/mol. The van der Waals surface area contributed by atoms with E-state index in [0.29, 0.717) is 18.1 Å². The third-order valence-corrected chi connectivity index (χ3v) is 2.64. The molecule has 1 aromatic carbocycles. The van der Waals surface area contributed by atoms with Gasteiger partial charge in [0.1, 0.15) is 0 Å². The summed E-state index contributed by atoms with van der Waals surface area (Å²) >= 11 is 5.80. The lowest BCUT2D eigenvalue weighted by atomic mass is 10.1. The highest BCUT2D eigenvalue weighted by Crippen LogP contribution is 2.18. The number of hydrogen-bond donors (Lipinski definition) is 1. The number of anilines is 1. The van der Waals surface area contributed by atoms with Crippen LogP contribution in [0, 0.1) is 18.3 Å². The summed E-state index contributed by atoms with van der Waals surface area (Å²) in [5.74, 6) is 1.22. The van der Waals surface area contributed by atoms with Crippen LogP contribution in [0.1, 0.15) is 6.92 Å². The van der Waals surface area contributed by atoms with Gasteiger partial charge in [-0.25, -0.2) is 0 Å². The van der Waals surface area contributed by atoms with Crippen LogP contribution in [0.3, 0.4) is 0 Å². The Morgan fingerprint density at radius 3 is 2.59 bits per heavy atom. The largest absolute Gasteiger partial charge is 0.481 e. The molecule has 0 amide bonds. The molecule has 0 bridgehead atoms. The molecule has 0 heterocycles. The van der Waals surface area contributed by atoms with E-state index in [4.69, 9.17) is 23.1 Å². The molecular weight excluding hydrogens is 238 g/mol. The van der Waals surface area contributed by atoms with Gasteiger partial charge in [0.05, 0.1) is 12.5 Å². The number of benzene rings is 1. The van der Waals surface area contributed by atoms with Crippen molar-refractivity contribution in [1.29, 1.82) is 0 Å². The molecule has 1 atom stereocenters. The molecule has 0 aliphatic carbocycles. The second-order valence-corrected chi connectivity index (χ2v) is 4.24. The summed E-state index contributed by atoms with van der Waals surface area (Å²) in [6, 6.07) is 7.17. The van der Waals surface area contributed by atoms with Crippen LogP contribution in [0.2, 0.25) is 5.02 Å². The quantitative estimate of drug-likeness (QED) is 0.818. The lowest BCUT2D eigenvalue weighted by Gasteiger charge is -2.24. The number of halogens is 1. The van der Waals surface area contributed by atoms with Crippen molar-refractivity contribution in [1.82, 2.24) is 0 Å². The van der Waals surface area contributed by atoms with Gasteiger partial charge in [0.15, 0.2) is 0 Å². The van der Waals surface area contributed by atoms with Gasteiger partial charge in [0, 0.05) is 17.3 Å². The molecule has 1 rings (SSSR count). The van der Waals surface area contributed by atoms with Crippen molar-refractivity contribution in [3.8, 4) is 12.3 Å². The van der Waals surface area contributed by atoms with Crippen molar-refractivity contribution in [3.05, 3.63) is 29.3 Å². The molecule has 1 aromatic rings. The molecule has 0 aromatic heterocycles. The van der Waals surface area contributed by atoms with Gasteiger partial charge in [0.2, 0.25) is 0 Å². The molecule has 3 nitrogen and oxygen atoms in total. The lowest BCUT2D eigenvalue weighted by Crippen LogP contribution is -2.32. The van der Waals surface area contributed by atoms with Crippen LogP contribution < -0.4 is 4.90 Å². The summed E-state index contributed by atoms with van der Waals surface area (Å²) in [7, 11) is 0. The first kappa shape index (κ1) is 13.4. The molecule has 1 N–H and O–H groups in total. The Labute approximate surface area is 106 Å². The summed E-state index contributed by atoms with van der Waals surface area (Å²) in [4.78, 5) is 12.7. The Bertz CT molecular complexity index is 422. The molecule has 0 aliphatic rings. The minimum atomic E-state index is -0.832. The van der Waals surface area contributed by atoms with Crippen LogP contribution >= 0.6 is 11.6 Å². The first-order chi connectivity index (χ1) is 8.04. The van der Waals surface area contributed by atoms with E-state index < -0.39 is 11.9 Å². The van der Waals surface area contributed by atoms with Gasteiger partial charge in [-0.05, 0) is 24.3 Å². The van der Waals surface area contributed by atoms with Gasteiger partial charge in [-0.3, -0.25) is 4.79 Å². The van der Waals surface area contributed by atoms with Crippen LogP contribution in [0.15, 0.2) is 24.3 Å². The fourth-order valence-corrected chi connectivity index (χ4v) is 1.56. The van der Waals surface area contributed by atoms with Crippen molar-refractivity contribution >= 4 is 23.3 Å². The normalized spacial score (nSPS) is 11.6. The molecule has 0 fully saturated rings. The van der Waals surface area contributed by atoms with Crippen LogP contribution in [0.25, 0.3) is 0 Å². The number of terminal acetylenes is 1. The summed E-state index contributed by atoms with van der Waals surface area (Å²) in [6.07, 6.45) is 5.28. The maximum Gasteiger partial charge on any atom is 0.308 e. The molecular formula is C13H14ClNO2. The monoisotopic (exact) mass is 251 g/mol. The highest BCUT2D eigenvalue weighted by atomic mass is 35.5. The summed E-state index contributed by atoms with van der Waals surface area (Å²) in [5.41, 5.74) is 0.875. The zero-order chi connectivity index (χ0) is 12.8. The number of aliphatic carboxylic acids is 1. The molecule has 0 spiro atoms. The smallest absolute Gasteiger partial charge is 0.308 e. The first-order valence-electron chi connectivity index (χ1n) is 5.21. The van der Waals surface area contributed by atoms with E-state index in [1.165, 1.54) is 0 Å². The van der Waals surface area contributed by atoms with E-state index in [0.717, 1.165) is 5.69 Å². The zero-order valence-corrected chi connectivity index (χ0v) is 10.3. The maximum atomic E-state index is 10.8. The van der Waals surface area contributed by atoms with E-state index in [-0.39, 0.29) is 0 Å². The molecule has 0 saturated heterocycles. The number of nitrogens with zero attached hydrogens (tertiary/aromatic N) is 1. The topological polar surface area (TPSA) is 40.5 Å². The fourth-order valence-electron chi connectivity index (χ4n) is 1.43. The summed E-state index contributed by atoms with van der Waals surface area (Å²) in [5, 5.41) is 9.53. The highest BCUT2D eigenvalue weighted by molar-refractivity contribution is 6.30. The van der Waals surface area contributed by atoms with Gasteiger partial charge >= 0.3 is 5.97 Å². The summed E-state index contributed by atoms with van der Waals surface area (Å²) in [6.45, 7) is 2.40. The summed E-state index contributed by atoms with van der Waals surface area (Å²) < 4.78 is 0. The van der Waals surface area contributed by atoms with Crippen LogP contribution in [-0.4, -0.2) is 24.2 Å². The molecule has 4 heteroatoms. The van der Waals surface area contributed by atoms with Gasteiger partial charge in [-0.1, -0.05) is 24.4 Å². The standard InChI is InChI=1S/C13H14ClNO2/c1-3-8-15(9-10(2)13(16)17)12-6-4-11(14)5-7-12/h1,4-7,10H,8-9H2,2H3,(H,16,17). The minimum absolute atomic E-state index is 0.374. The second kappa shape index (κ2) is 6.17. The number of hydrogen-bond acceptors (Lipinski definition) is 2. The Morgan fingerprint density at radius 2 is 2.12 bits per heavy atom. The van der Waals surface area contributed by atoms with E-state index >= 15 is 0 Å². The zero-order valence-electron chi connectivity index (χ0n) is 9.56. The molecule has 0 saturated carbocycles. The Hall–Kier alpha value is -1.66. The van der Waals surface area contributed by atoms with Crippen LogP contribution in [0.5, 0.6) is 0 Å². The Balaban J connectivity index is 2.82. The predicted octanol–water partition coefficient (Wildman–Crippen LogP) is 2.50. The van der Waals surface area contributed by atoms with E-state index in [2.05, 4.69) is 5.92 Å². The third-order valence-electron chi connectivity index (χ3n) is 2.39. The van der Waals surface area contributed by atoms with Gasteiger partial charge in [-0.15, -0.1) is 6.42 Å².